The molecular weight excluding hydrogens is 376 g/mol. The Balaban J connectivity index is 1.26. The van der Waals surface area contributed by atoms with Crippen LogP contribution in [0.3, 0.4) is 0 Å². The smallest absolute Gasteiger partial charge is 0.251 e. The largest absolute Gasteiger partial charge is 0.497 e. The maximum atomic E-state index is 12.6. The summed E-state index contributed by atoms with van der Waals surface area (Å²) in [5.74, 6) is 0.919. The van der Waals surface area contributed by atoms with E-state index in [2.05, 4.69) is 40.1 Å². The summed E-state index contributed by atoms with van der Waals surface area (Å²) in [6.45, 7) is 6.07. The molecule has 3 N–H and O–H groups in total. The van der Waals surface area contributed by atoms with E-state index < -0.39 is 0 Å². The van der Waals surface area contributed by atoms with Crippen molar-refractivity contribution in [3.05, 3.63) is 64.7 Å². The van der Waals surface area contributed by atoms with Crippen molar-refractivity contribution in [1.82, 2.24) is 21.1 Å². The highest BCUT2D eigenvalue weighted by atomic mass is 16.5. The van der Waals surface area contributed by atoms with Crippen LogP contribution < -0.4 is 20.9 Å². The Hall–Kier alpha value is -2.41. The van der Waals surface area contributed by atoms with E-state index in [0.29, 0.717) is 12.2 Å². The average molecular weight is 409 g/mol. The van der Waals surface area contributed by atoms with E-state index in [-0.39, 0.29) is 11.9 Å². The van der Waals surface area contributed by atoms with Gasteiger partial charge in [0.15, 0.2) is 0 Å². The van der Waals surface area contributed by atoms with Crippen LogP contribution in [-0.4, -0.2) is 43.2 Å². The number of hydrazine groups is 1. The number of carbonyl (C=O) groups excluding carboxylic acids is 1. The molecule has 160 valence electrons. The topological polar surface area (TPSA) is 65.6 Å². The van der Waals surface area contributed by atoms with Gasteiger partial charge in [-0.3, -0.25) is 9.69 Å². The van der Waals surface area contributed by atoms with Crippen LogP contribution in [0.15, 0.2) is 42.5 Å². The van der Waals surface area contributed by atoms with Gasteiger partial charge in [0.2, 0.25) is 0 Å². The molecule has 0 spiro atoms. The van der Waals surface area contributed by atoms with Gasteiger partial charge in [-0.15, -0.1) is 0 Å². The van der Waals surface area contributed by atoms with E-state index in [0.717, 1.165) is 49.2 Å². The first-order valence-electron chi connectivity index (χ1n) is 10.8. The number of ether oxygens (including phenoxy) is 1. The zero-order chi connectivity index (χ0) is 21.1. The minimum absolute atomic E-state index is 0.0387. The van der Waals surface area contributed by atoms with Crippen molar-refractivity contribution < 1.29 is 9.53 Å². The molecular formula is C24H32N4O2. The molecule has 2 atom stereocenters. The van der Waals surface area contributed by atoms with Crippen molar-refractivity contribution >= 4 is 5.91 Å². The molecule has 2 unspecified atom stereocenters. The lowest BCUT2D eigenvalue weighted by atomic mass is 10.0. The maximum absolute atomic E-state index is 12.6. The van der Waals surface area contributed by atoms with Crippen molar-refractivity contribution in [3.8, 4) is 5.75 Å². The molecule has 0 radical (unpaired) electrons. The van der Waals surface area contributed by atoms with Crippen molar-refractivity contribution in [2.45, 2.75) is 51.4 Å². The van der Waals surface area contributed by atoms with E-state index in [1.165, 1.54) is 11.1 Å². The summed E-state index contributed by atoms with van der Waals surface area (Å²) in [5, 5.41) is 3.22. The summed E-state index contributed by atoms with van der Waals surface area (Å²) < 4.78 is 5.25. The van der Waals surface area contributed by atoms with Gasteiger partial charge in [-0.1, -0.05) is 18.2 Å². The standard InChI is InChI=1S/C24H32N4O2/c1-16-4-5-19(14-17(16)2)24(29)25-20-10-12-28(13-11-20)23-15-22(26-27-23)18-6-8-21(30-3)9-7-18/h4-9,14,20,22-23,26-27H,10-13,15H2,1-3H3,(H,25,29). The minimum atomic E-state index is 0.0387. The summed E-state index contributed by atoms with van der Waals surface area (Å²) in [7, 11) is 1.69. The van der Waals surface area contributed by atoms with Gasteiger partial charge in [-0.2, -0.15) is 0 Å². The van der Waals surface area contributed by atoms with Crippen molar-refractivity contribution in [2.75, 3.05) is 20.2 Å². The number of benzene rings is 2. The molecule has 2 heterocycles. The summed E-state index contributed by atoms with van der Waals surface area (Å²) >= 11 is 0. The van der Waals surface area contributed by atoms with Crippen LogP contribution in [-0.2, 0) is 0 Å². The molecule has 0 saturated carbocycles. The van der Waals surface area contributed by atoms with Gasteiger partial charge >= 0.3 is 0 Å². The molecule has 30 heavy (non-hydrogen) atoms. The zero-order valence-electron chi connectivity index (χ0n) is 18.1. The highest BCUT2D eigenvalue weighted by molar-refractivity contribution is 5.94. The van der Waals surface area contributed by atoms with Gasteiger partial charge in [-0.25, -0.2) is 10.9 Å². The number of nitrogens with zero attached hydrogens (tertiary/aromatic N) is 1. The number of piperidine rings is 1. The first-order chi connectivity index (χ1) is 14.5. The van der Waals surface area contributed by atoms with Gasteiger partial charge in [-0.05, 0) is 74.1 Å². The number of hydrogen-bond acceptors (Lipinski definition) is 5. The molecule has 2 aromatic rings. The second-order valence-electron chi connectivity index (χ2n) is 8.45. The molecule has 2 saturated heterocycles. The molecule has 4 rings (SSSR count). The van der Waals surface area contributed by atoms with Gasteiger partial charge in [0.25, 0.3) is 5.91 Å². The highest BCUT2D eigenvalue weighted by Crippen LogP contribution is 2.27. The second kappa shape index (κ2) is 9.16. The number of rotatable bonds is 5. The van der Waals surface area contributed by atoms with Crippen LogP contribution in [0, 0.1) is 13.8 Å². The van der Waals surface area contributed by atoms with E-state index in [9.17, 15) is 4.79 Å². The molecule has 2 aliphatic heterocycles. The molecule has 1 amide bonds. The first-order valence-corrected chi connectivity index (χ1v) is 10.8. The summed E-state index contributed by atoms with van der Waals surface area (Å²) in [6.07, 6.45) is 3.28. The molecule has 6 nitrogen and oxygen atoms in total. The van der Waals surface area contributed by atoms with Gasteiger partial charge < -0.3 is 10.1 Å². The molecule has 2 fully saturated rings. The van der Waals surface area contributed by atoms with Gasteiger partial charge in [0.05, 0.1) is 13.3 Å². The van der Waals surface area contributed by atoms with Crippen molar-refractivity contribution in [1.29, 1.82) is 0 Å². The Morgan fingerprint density at radius 3 is 2.43 bits per heavy atom. The third-order valence-electron chi connectivity index (χ3n) is 6.48. The van der Waals surface area contributed by atoms with E-state index >= 15 is 0 Å². The minimum Gasteiger partial charge on any atom is -0.497 e. The van der Waals surface area contributed by atoms with Crippen LogP contribution in [0.1, 0.15) is 52.4 Å². The normalized spacial score (nSPS) is 22.8. The molecule has 0 bridgehead atoms. The van der Waals surface area contributed by atoms with Crippen molar-refractivity contribution in [3.63, 3.8) is 0 Å². The van der Waals surface area contributed by atoms with Gasteiger partial charge in [0, 0.05) is 30.7 Å². The first kappa shape index (κ1) is 20.8. The van der Waals surface area contributed by atoms with E-state index in [1.54, 1.807) is 7.11 Å². The number of aryl methyl sites for hydroxylation is 2. The third kappa shape index (κ3) is 4.67. The number of likely N-dealkylation sites (tertiary alicyclic amines) is 1. The Morgan fingerprint density at radius 1 is 1.03 bits per heavy atom. The highest BCUT2D eigenvalue weighted by Gasteiger charge is 2.32. The number of methoxy groups -OCH3 is 1. The Bertz CT molecular complexity index is 875. The SMILES string of the molecule is COc1ccc(C2CC(N3CCC(NC(=O)c4ccc(C)c(C)c4)CC3)NN2)cc1. The predicted molar refractivity (Wildman–Crippen MR) is 118 cm³/mol. The zero-order valence-corrected chi connectivity index (χ0v) is 18.1. The summed E-state index contributed by atoms with van der Waals surface area (Å²) in [5.41, 5.74) is 11.3. The number of hydrogen-bond donors (Lipinski definition) is 3. The second-order valence-corrected chi connectivity index (χ2v) is 8.45. The lowest BCUT2D eigenvalue weighted by molar-refractivity contribution is 0.0880. The molecule has 0 aliphatic carbocycles. The summed E-state index contributed by atoms with van der Waals surface area (Å²) in [6, 6.07) is 14.7. The fraction of sp³-hybridized carbons (Fsp3) is 0.458. The fourth-order valence-electron chi connectivity index (χ4n) is 4.34. The lowest BCUT2D eigenvalue weighted by Crippen LogP contribution is -2.51. The van der Waals surface area contributed by atoms with Gasteiger partial charge in [0.1, 0.15) is 5.75 Å². The molecule has 0 aromatic heterocycles. The van der Waals surface area contributed by atoms with E-state index in [1.807, 2.05) is 37.3 Å². The Kier molecular flexibility index (Phi) is 6.37. The van der Waals surface area contributed by atoms with Crippen LogP contribution in [0.5, 0.6) is 5.75 Å². The van der Waals surface area contributed by atoms with Crippen molar-refractivity contribution in [2.24, 2.45) is 0 Å². The molecule has 6 heteroatoms. The van der Waals surface area contributed by atoms with Crippen LogP contribution in [0.4, 0.5) is 0 Å². The van der Waals surface area contributed by atoms with Crippen LogP contribution in [0.25, 0.3) is 0 Å². The predicted octanol–water partition coefficient (Wildman–Crippen LogP) is 3.07. The molecule has 2 aromatic carbocycles. The van der Waals surface area contributed by atoms with Crippen LogP contribution >= 0.6 is 0 Å². The Labute approximate surface area is 179 Å². The number of nitrogens with one attached hydrogen (secondary N) is 3. The lowest BCUT2D eigenvalue weighted by Gasteiger charge is -2.35. The average Bonchev–Trinajstić information content (AvgIpc) is 3.26. The third-order valence-corrected chi connectivity index (χ3v) is 6.48. The fourth-order valence-corrected chi connectivity index (χ4v) is 4.34. The molecule has 2 aliphatic rings. The monoisotopic (exact) mass is 408 g/mol. The van der Waals surface area contributed by atoms with Crippen LogP contribution in [0.2, 0.25) is 0 Å². The quantitative estimate of drug-likeness (QED) is 0.710. The Morgan fingerprint density at radius 2 is 1.77 bits per heavy atom. The number of carbonyl (C=O) groups is 1. The number of amides is 1. The maximum Gasteiger partial charge on any atom is 0.251 e. The summed E-state index contributed by atoms with van der Waals surface area (Å²) in [4.78, 5) is 15.1. The van der Waals surface area contributed by atoms with E-state index in [4.69, 9.17) is 4.74 Å².